The Hall–Kier alpha value is -1.08. The average Bonchev–Trinajstić information content (AvgIpc) is 3.10. The number of rotatable bonds is 5. The fourth-order valence-electron chi connectivity index (χ4n) is 5.34. The Bertz CT molecular complexity index is 679. The van der Waals surface area contributed by atoms with Crippen molar-refractivity contribution < 1.29 is 4.74 Å². The lowest BCUT2D eigenvalue weighted by atomic mass is 9.74. The molecule has 2 aliphatic carbocycles. The number of ether oxygens (including phenoxy) is 1. The lowest BCUT2D eigenvalue weighted by molar-refractivity contribution is -0.121. The van der Waals surface area contributed by atoms with Crippen LogP contribution in [0.5, 0.6) is 0 Å². The highest BCUT2D eigenvalue weighted by molar-refractivity contribution is 5.36. The quantitative estimate of drug-likeness (QED) is 0.366. The topological polar surface area (TPSA) is 9.23 Å². The Labute approximate surface area is 167 Å². The zero-order valence-electron chi connectivity index (χ0n) is 18.8. The lowest BCUT2D eigenvalue weighted by Gasteiger charge is -2.38. The molecule has 150 valence electrons. The predicted octanol–water partition coefficient (Wildman–Crippen LogP) is 7.27. The fraction of sp³-hybridized carbons (Fsp3) is 0.692. The van der Waals surface area contributed by atoms with Crippen LogP contribution in [0.2, 0.25) is 0 Å². The second-order valence-electron chi connectivity index (χ2n) is 10.4. The standard InChI is InChI=1S/C26H40O/c1-9-11-18(12-10-2)26(7,8)17(3)15-22-23-20-14-13-19(25(4,5)6)16-21(20)24(22)27-23/h9,11-12,15-16,20-24H,10,13-14H2,1-8H3/b11-9-,17-15+,18-12+. The summed E-state index contributed by atoms with van der Waals surface area (Å²) in [5, 5.41) is 0. The summed E-state index contributed by atoms with van der Waals surface area (Å²) in [4.78, 5) is 0. The molecule has 1 heteroatoms. The smallest absolute Gasteiger partial charge is 0.0733 e. The van der Waals surface area contributed by atoms with Gasteiger partial charge in [-0.2, -0.15) is 0 Å². The van der Waals surface area contributed by atoms with Crippen LogP contribution in [-0.2, 0) is 4.74 Å². The first-order chi connectivity index (χ1) is 12.6. The Kier molecular flexibility index (Phi) is 5.65. The predicted molar refractivity (Wildman–Crippen MR) is 117 cm³/mol. The van der Waals surface area contributed by atoms with Gasteiger partial charge in [-0.1, -0.05) is 83.1 Å². The molecule has 27 heavy (non-hydrogen) atoms. The Balaban J connectivity index is 1.82. The molecular weight excluding hydrogens is 328 g/mol. The van der Waals surface area contributed by atoms with Gasteiger partial charge < -0.3 is 4.74 Å². The van der Waals surface area contributed by atoms with Crippen LogP contribution in [0.1, 0.15) is 74.7 Å². The van der Waals surface area contributed by atoms with Crippen LogP contribution < -0.4 is 0 Å². The molecule has 4 rings (SSSR count). The fourth-order valence-corrected chi connectivity index (χ4v) is 5.34. The van der Waals surface area contributed by atoms with Gasteiger partial charge in [0.25, 0.3) is 0 Å². The summed E-state index contributed by atoms with van der Waals surface area (Å²) in [6, 6.07) is 0. The molecule has 2 heterocycles. The van der Waals surface area contributed by atoms with Crippen LogP contribution in [-0.4, -0.2) is 12.2 Å². The second-order valence-corrected chi connectivity index (χ2v) is 10.4. The van der Waals surface area contributed by atoms with Crippen molar-refractivity contribution in [1.82, 2.24) is 0 Å². The molecule has 2 saturated heterocycles. The molecule has 0 spiro atoms. The monoisotopic (exact) mass is 368 g/mol. The summed E-state index contributed by atoms with van der Waals surface area (Å²) in [5.74, 6) is 1.97. The van der Waals surface area contributed by atoms with Gasteiger partial charge in [0.05, 0.1) is 12.2 Å². The van der Waals surface area contributed by atoms with E-state index in [0.717, 1.165) is 12.3 Å². The first kappa shape index (κ1) is 20.6. The third kappa shape index (κ3) is 3.65. The van der Waals surface area contributed by atoms with Gasteiger partial charge in [-0.3, -0.25) is 0 Å². The Morgan fingerprint density at radius 3 is 2.48 bits per heavy atom. The Morgan fingerprint density at radius 1 is 1.19 bits per heavy atom. The molecule has 0 aromatic carbocycles. The van der Waals surface area contributed by atoms with E-state index in [0.29, 0.717) is 29.5 Å². The minimum absolute atomic E-state index is 0.0785. The van der Waals surface area contributed by atoms with Crippen molar-refractivity contribution in [3.63, 3.8) is 0 Å². The Morgan fingerprint density at radius 2 is 1.89 bits per heavy atom. The van der Waals surface area contributed by atoms with Crippen LogP contribution in [0.15, 0.2) is 47.1 Å². The van der Waals surface area contributed by atoms with Gasteiger partial charge in [0.2, 0.25) is 0 Å². The highest BCUT2D eigenvalue weighted by Crippen LogP contribution is 2.57. The van der Waals surface area contributed by atoms with Crippen molar-refractivity contribution in [3.8, 4) is 0 Å². The number of hydrogen-bond donors (Lipinski definition) is 0. The van der Waals surface area contributed by atoms with Gasteiger partial charge in [0, 0.05) is 17.3 Å². The largest absolute Gasteiger partial charge is 0.373 e. The maximum absolute atomic E-state index is 6.32. The number of allylic oxidation sites excluding steroid dienone is 6. The van der Waals surface area contributed by atoms with Crippen LogP contribution in [0.25, 0.3) is 0 Å². The average molecular weight is 369 g/mol. The van der Waals surface area contributed by atoms with Crippen molar-refractivity contribution in [2.75, 3.05) is 0 Å². The highest BCUT2D eigenvalue weighted by Gasteiger charge is 2.60. The first-order valence-corrected chi connectivity index (χ1v) is 11.0. The van der Waals surface area contributed by atoms with E-state index in [9.17, 15) is 0 Å². The van der Waals surface area contributed by atoms with E-state index in [1.165, 1.54) is 24.0 Å². The summed E-state index contributed by atoms with van der Waals surface area (Å²) in [6.45, 7) is 18.5. The molecule has 5 atom stereocenters. The molecule has 2 bridgehead atoms. The summed E-state index contributed by atoms with van der Waals surface area (Å²) >= 11 is 0. The van der Waals surface area contributed by atoms with Gasteiger partial charge in [-0.25, -0.2) is 0 Å². The van der Waals surface area contributed by atoms with Gasteiger partial charge in [0.1, 0.15) is 0 Å². The molecule has 1 nitrogen and oxygen atoms in total. The van der Waals surface area contributed by atoms with E-state index in [4.69, 9.17) is 4.74 Å². The van der Waals surface area contributed by atoms with Crippen molar-refractivity contribution in [2.24, 2.45) is 28.6 Å². The molecule has 2 aliphatic heterocycles. The van der Waals surface area contributed by atoms with Crippen LogP contribution in [0, 0.1) is 28.6 Å². The third-order valence-electron chi connectivity index (χ3n) is 7.39. The van der Waals surface area contributed by atoms with Crippen molar-refractivity contribution >= 4 is 0 Å². The molecule has 0 aromatic rings. The summed E-state index contributed by atoms with van der Waals surface area (Å²) in [5.41, 5.74) is 4.94. The normalized spacial score (nSPS) is 34.5. The molecule has 4 aliphatic rings. The molecule has 3 fully saturated rings. The molecule has 0 aromatic heterocycles. The molecule has 0 N–H and O–H groups in total. The maximum Gasteiger partial charge on any atom is 0.0733 e. The van der Waals surface area contributed by atoms with E-state index in [1.807, 2.05) is 0 Å². The van der Waals surface area contributed by atoms with Crippen LogP contribution in [0.4, 0.5) is 0 Å². The summed E-state index contributed by atoms with van der Waals surface area (Å²) in [6.07, 6.45) is 16.5. The van der Waals surface area contributed by atoms with E-state index in [-0.39, 0.29) is 5.41 Å². The molecule has 5 unspecified atom stereocenters. The van der Waals surface area contributed by atoms with E-state index in [1.54, 1.807) is 5.57 Å². The molecular formula is C26H40O. The highest BCUT2D eigenvalue weighted by atomic mass is 16.5. The van der Waals surface area contributed by atoms with Crippen molar-refractivity contribution in [2.45, 2.75) is 86.9 Å². The second kappa shape index (κ2) is 7.39. The van der Waals surface area contributed by atoms with Crippen molar-refractivity contribution in [3.05, 3.63) is 47.1 Å². The van der Waals surface area contributed by atoms with Crippen LogP contribution >= 0.6 is 0 Å². The third-order valence-corrected chi connectivity index (χ3v) is 7.39. The van der Waals surface area contributed by atoms with Crippen molar-refractivity contribution in [1.29, 1.82) is 0 Å². The summed E-state index contributed by atoms with van der Waals surface area (Å²) in [7, 11) is 0. The van der Waals surface area contributed by atoms with Gasteiger partial charge in [0.15, 0.2) is 0 Å². The van der Waals surface area contributed by atoms with Gasteiger partial charge >= 0.3 is 0 Å². The molecule has 0 amide bonds. The minimum atomic E-state index is 0.0785. The van der Waals surface area contributed by atoms with E-state index in [2.05, 4.69) is 85.8 Å². The van der Waals surface area contributed by atoms with Gasteiger partial charge in [-0.15, -0.1) is 0 Å². The molecule has 1 saturated carbocycles. The molecule has 0 radical (unpaired) electrons. The first-order valence-electron chi connectivity index (χ1n) is 11.0. The zero-order chi connectivity index (χ0) is 20.0. The maximum atomic E-state index is 6.32. The minimum Gasteiger partial charge on any atom is -0.373 e. The zero-order valence-corrected chi connectivity index (χ0v) is 18.8. The number of hydrogen-bond acceptors (Lipinski definition) is 1. The van der Waals surface area contributed by atoms with E-state index < -0.39 is 0 Å². The SMILES string of the molecule is C/C=C\C(=C/CC)C(C)(C)/C(C)=C/C1C2OC1C1CCC(C(C)(C)C)=CC12. The lowest BCUT2D eigenvalue weighted by Crippen LogP contribution is -2.41. The van der Waals surface area contributed by atoms with Gasteiger partial charge in [-0.05, 0) is 50.0 Å². The summed E-state index contributed by atoms with van der Waals surface area (Å²) < 4.78 is 6.32. The van der Waals surface area contributed by atoms with Crippen LogP contribution in [0.3, 0.4) is 0 Å². The van der Waals surface area contributed by atoms with E-state index >= 15 is 0 Å².